The molecule has 2 N–H and O–H groups in total. The second-order valence-electron chi connectivity index (χ2n) is 5.96. The van der Waals surface area contributed by atoms with E-state index in [4.69, 9.17) is 0 Å². The van der Waals surface area contributed by atoms with Crippen molar-refractivity contribution in [2.75, 3.05) is 0 Å². The SMILES string of the molecule is CCC1CCCC(NC(C)c2cccc(O)c2)CC1. The van der Waals surface area contributed by atoms with Gasteiger partial charge in [0.2, 0.25) is 0 Å². The van der Waals surface area contributed by atoms with Crippen LogP contribution >= 0.6 is 0 Å². The number of benzene rings is 1. The highest BCUT2D eigenvalue weighted by atomic mass is 16.3. The smallest absolute Gasteiger partial charge is 0.115 e. The molecule has 0 radical (unpaired) electrons. The fourth-order valence-corrected chi connectivity index (χ4v) is 3.20. The van der Waals surface area contributed by atoms with E-state index in [-0.39, 0.29) is 0 Å². The van der Waals surface area contributed by atoms with Crippen LogP contribution in [0.15, 0.2) is 24.3 Å². The zero-order valence-electron chi connectivity index (χ0n) is 12.2. The van der Waals surface area contributed by atoms with E-state index < -0.39 is 0 Å². The maximum Gasteiger partial charge on any atom is 0.115 e. The van der Waals surface area contributed by atoms with Gasteiger partial charge in [-0.15, -0.1) is 0 Å². The van der Waals surface area contributed by atoms with E-state index in [0.29, 0.717) is 17.8 Å². The van der Waals surface area contributed by atoms with Crippen molar-refractivity contribution in [3.8, 4) is 5.75 Å². The molecule has 1 aromatic rings. The lowest BCUT2D eigenvalue weighted by molar-refractivity contribution is 0.398. The van der Waals surface area contributed by atoms with Gasteiger partial charge in [-0.25, -0.2) is 0 Å². The van der Waals surface area contributed by atoms with Gasteiger partial charge in [-0.3, -0.25) is 0 Å². The average Bonchev–Trinajstić information content (AvgIpc) is 2.64. The molecule has 2 nitrogen and oxygen atoms in total. The van der Waals surface area contributed by atoms with Crippen molar-refractivity contribution in [3.05, 3.63) is 29.8 Å². The molecule has 2 rings (SSSR count). The van der Waals surface area contributed by atoms with E-state index in [1.165, 1.54) is 44.1 Å². The topological polar surface area (TPSA) is 32.3 Å². The maximum atomic E-state index is 9.55. The van der Waals surface area contributed by atoms with Gasteiger partial charge in [0, 0.05) is 12.1 Å². The molecule has 1 aromatic carbocycles. The quantitative estimate of drug-likeness (QED) is 0.787. The van der Waals surface area contributed by atoms with Crippen molar-refractivity contribution in [3.63, 3.8) is 0 Å². The molecule has 19 heavy (non-hydrogen) atoms. The first-order valence-corrected chi connectivity index (χ1v) is 7.74. The first-order valence-electron chi connectivity index (χ1n) is 7.74. The van der Waals surface area contributed by atoms with Crippen molar-refractivity contribution >= 4 is 0 Å². The third kappa shape index (κ3) is 4.24. The normalized spacial score (nSPS) is 25.8. The highest BCUT2D eigenvalue weighted by Crippen LogP contribution is 2.27. The number of hydrogen-bond donors (Lipinski definition) is 2. The van der Waals surface area contributed by atoms with Gasteiger partial charge in [0.15, 0.2) is 0 Å². The highest BCUT2D eigenvalue weighted by Gasteiger charge is 2.19. The standard InChI is InChI=1S/C17H27NO/c1-3-14-6-4-8-16(11-10-14)18-13(2)15-7-5-9-17(19)12-15/h5,7,9,12-14,16,18-19H,3-4,6,8,10-11H2,1-2H3. The van der Waals surface area contributed by atoms with E-state index in [1.807, 2.05) is 12.1 Å². The summed E-state index contributed by atoms with van der Waals surface area (Å²) < 4.78 is 0. The summed E-state index contributed by atoms with van der Waals surface area (Å²) in [5, 5.41) is 13.3. The monoisotopic (exact) mass is 261 g/mol. The third-order valence-corrected chi connectivity index (χ3v) is 4.52. The van der Waals surface area contributed by atoms with Crippen LogP contribution in [0.2, 0.25) is 0 Å². The van der Waals surface area contributed by atoms with Crippen molar-refractivity contribution in [2.45, 2.75) is 64.5 Å². The number of phenolic OH excluding ortho intramolecular Hbond substituents is 1. The van der Waals surface area contributed by atoms with Gasteiger partial charge in [-0.1, -0.05) is 38.3 Å². The molecule has 0 heterocycles. The summed E-state index contributed by atoms with van der Waals surface area (Å²) >= 11 is 0. The molecule has 1 fully saturated rings. The van der Waals surface area contributed by atoms with E-state index in [9.17, 15) is 5.11 Å². The van der Waals surface area contributed by atoms with Gasteiger partial charge in [0.1, 0.15) is 5.75 Å². The zero-order valence-corrected chi connectivity index (χ0v) is 12.2. The molecule has 0 bridgehead atoms. The molecule has 1 saturated carbocycles. The average molecular weight is 261 g/mol. The molecule has 2 heteroatoms. The van der Waals surface area contributed by atoms with E-state index >= 15 is 0 Å². The lowest BCUT2D eigenvalue weighted by atomic mass is 9.97. The van der Waals surface area contributed by atoms with Crippen molar-refractivity contribution in [1.82, 2.24) is 5.32 Å². The molecular weight excluding hydrogens is 234 g/mol. The summed E-state index contributed by atoms with van der Waals surface area (Å²) in [6, 6.07) is 8.55. The zero-order chi connectivity index (χ0) is 13.7. The van der Waals surface area contributed by atoms with Crippen LogP contribution < -0.4 is 5.32 Å². The van der Waals surface area contributed by atoms with Gasteiger partial charge in [-0.2, -0.15) is 0 Å². The van der Waals surface area contributed by atoms with Crippen LogP contribution in [-0.2, 0) is 0 Å². The lowest BCUT2D eigenvalue weighted by Crippen LogP contribution is -2.31. The minimum Gasteiger partial charge on any atom is -0.508 e. The van der Waals surface area contributed by atoms with Gasteiger partial charge < -0.3 is 10.4 Å². The first kappa shape index (κ1) is 14.4. The highest BCUT2D eigenvalue weighted by molar-refractivity contribution is 5.29. The van der Waals surface area contributed by atoms with Gasteiger partial charge in [-0.05, 0) is 49.8 Å². The molecule has 0 spiro atoms. The second-order valence-corrected chi connectivity index (χ2v) is 5.96. The Balaban J connectivity index is 1.90. The Morgan fingerprint density at radius 2 is 2.11 bits per heavy atom. The van der Waals surface area contributed by atoms with Gasteiger partial charge in [0.25, 0.3) is 0 Å². The van der Waals surface area contributed by atoms with E-state index in [1.54, 1.807) is 6.07 Å². The Morgan fingerprint density at radius 3 is 2.84 bits per heavy atom. The van der Waals surface area contributed by atoms with E-state index in [2.05, 4.69) is 25.2 Å². The van der Waals surface area contributed by atoms with Crippen LogP contribution in [0.3, 0.4) is 0 Å². The summed E-state index contributed by atoms with van der Waals surface area (Å²) in [6.07, 6.45) is 8.02. The Hall–Kier alpha value is -1.02. The van der Waals surface area contributed by atoms with Crippen LogP contribution in [0.4, 0.5) is 0 Å². The Kier molecular flexibility index (Phi) is 5.26. The molecule has 0 saturated heterocycles. The molecule has 1 aliphatic rings. The number of hydrogen-bond acceptors (Lipinski definition) is 2. The molecule has 0 aromatic heterocycles. The number of rotatable bonds is 4. The van der Waals surface area contributed by atoms with Crippen LogP contribution in [0, 0.1) is 5.92 Å². The van der Waals surface area contributed by atoms with E-state index in [0.717, 1.165) is 5.92 Å². The fourth-order valence-electron chi connectivity index (χ4n) is 3.20. The minimum atomic E-state index is 0.315. The molecule has 3 unspecified atom stereocenters. The largest absolute Gasteiger partial charge is 0.508 e. The molecule has 1 aliphatic carbocycles. The second kappa shape index (κ2) is 6.95. The van der Waals surface area contributed by atoms with Crippen LogP contribution in [0.5, 0.6) is 5.75 Å². The van der Waals surface area contributed by atoms with Crippen molar-refractivity contribution < 1.29 is 5.11 Å². The molecular formula is C17H27NO. The summed E-state index contributed by atoms with van der Waals surface area (Å²) in [7, 11) is 0. The Bertz CT molecular complexity index is 391. The van der Waals surface area contributed by atoms with Gasteiger partial charge >= 0.3 is 0 Å². The predicted molar refractivity (Wildman–Crippen MR) is 80.3 cm³/mol. The third-order valence-electron chi connectivity index (χ3n) is 4.52. The van der Waals surface area contributed by atoms with Crippen molar-refractivity contribution in [1.29, 1.82) is 0 Å². The minimum absolute atomic E-state index is 0.315. The molecule has 3 atom stereocenters. The van der Waals surface area contributed by atoms with Crippen LogP contribution in [-0.4, -0.2) is 11.1 Å². The Morgan fingerprint density at radius 1 is 1.26 bits per heavy atom. The first-order chi connectivity index (χ1) is 9.19. The molecule has 0 amide bonds. The lowest BCUT2D eigenvalue weighted by Gasteiger charge is -2.22. The van der Waals surface area contributed by atoms with Gasteiger partial charge in [0.05, 0.1) is 0 Å². The maximum absolute atomic E-state index is 9.55. The summed E-state index contributed by atoms with van der Waals surface area (Å²) in [6.45, 7) is 4.50. The number of aromatic hydroxyl groups is 1. The number of nitrogens with one attached hydrogen (secondary N) is 1. The van der Waals surface area contributed by atoms with Crippen LogP contribution in [0.25, 0.3) is 0 Å². The Labute approximate surface area is 117 Å². The van der Waals surface area contributed by atoms with Crippen LogP contribution in [0.1, 0.15) is 64.0 Å². The summed E-state index contributed by atoms with van der Waals surface area (Å²) in [5.41, 5.74) is 1.18. The summed E-state index contributed by atoms with van der Waals surface area (Å²) in [5.74, 6) is 1.29. The fraction of sp³-hybridized carbons (Fsp3) is 0.647. The molecule has 106 valence electrons. The molecule has 0 aliphatic heterocycles. The van der Waals surface area contributed by atoms with Crippen molar-refractivity contribution in [2.24, 2.45) is 5.92 Å². The predicted octanol–water partition coefficient (Wildman–Crippen LogP) is 4.40. The summed E-state index contributed by atoms with van der Waals surface area (Å²) in [4.78, 5) is 0. The number of phenols is 1.